The topological polar surface area (TPSA) is 74.6 Å². The van der Waals surface area contributed by atoms with E-state index in [1.54, 1.807) is 60.7 Å². The van der Waals surface area contributed by atoms with Crippen LogP contribution in [0.25, 0.3) is 34.1 Å². The third kappa shape index (κ3) is 4.21. The van der Waals surface area contributed by atoms with Crippen LogP contribution in [0.5, 0.6) is 0 Å². The highest BCUT2D eigenvalue weighted by atomic mass is 19.1. The van der Waals surface area contributed by atoms with Crippen molar-refractivity contribution in [3.05, 3.63) is 107 Å². The van der Waals surface area contributed by atoms with Crippen molar-refractivity contribution in [3.8, 4) is 11.1 Å². The first-order chi connectivity index (χ1) is 14.9. The van der Waals surface area contributed by atoms with Crippen LogP contribution in [0, 0.1) is 5.82 Å². The minimum Gasteiger partial charge on any atom is -0.478 e. The van der Waals surface area contributed by atoms with Gasteiger partial charge in [-0.1, -0.05) is 54.6 Å². The smallest absolute Gasteiger partial charge is 0.336 e. The molecule has 4 aromatic carbocycles. The fourth-order valence-corrected chi connectivity index (χ4v) is 3.50. The number of hydrogen-bond acceptors (Lipinski definition) is 2. The first-order valence-corrected chi connectivity index (χ1v) is 9.50. The lowest BCUT2D eigenvalue weighted by atomic mass is 9.97. The molecular weight excluding hydrogens is 395 g/mol. The van der Waals surface area contributed by atoms with Crippen molar-refractivity contribution in [2.45, 2.75) is 0 Å². The zero-order valence-electron chi connectivity index (χ0n) is 16.2. The molecule has 4 aromatic rings. The van der Waals surface area contributed by atoms with Crippen LogP contribution in [0.2, 0.25) is 0 Å². The summed E-state index contributed by atoms with van der Waals surface area (Å²) in [6.45, 7) is 0. The SMILES string of the molecule is O=C(O)c1ccc(-c2ccc(F)cc2)cc1/C=C/c1ccc2c(C(=O)O)cccc2c1. The lowest BCUT2D eigenvalue weighted by molar-refractivity contribution is 0.0687. The number of benzene rings is 4. The predicted octanol–water partition coefficient (Wildman–Crippen LogP) is 6.21. The lowest BCUT2D eigenvalue weighted by Crippen LogP contribution is -1.99. The summed E-state index contributed by atoms with van der Waals surface area (Å²) < 4.78 is 13.2. The molecule has 0 unspecified atom stereocenters. The number of halogens is 1. The van der Waals surface area contributed by atoms with Crippen molar-refractivity contribution in [1.82, 2.24) is 0 Å². The van der Waals surface area contributed by atoms with E-state index in [1.165, 1.54) is 18.2 Å². The third-order valence-electron chi connectivity index (χ3n) is 5.05. The van der Waals surface area contributed by atoms with E-state index in [-0.39, 0.29) is 16.9 Å². The summed E-state index contributed by atoms with van der Waals surface area (Å²) in [6, 6.07) is 21.4. The molecular formula is C26H17FO4. The third-order valence-corrected chi connectivity index (χ3v) is 5.05. The maximum absolute atomic E-state index is 13.2. The lowest BCUT2D eigenvalue weighted by Gasteiger charge is -2.07. The zero-order valence-corrected chi connectivity index (χ0v) is 16.2. The molecule has 31 heavy (non-hydrogen) atoms. The summed E-state index contributed by atoms with van der Waals surface area (Å²) >= 11 is 0. The summed E-state index contributed by atoms with van der Waals surface area (Å²) in [5, 5.41) is 20.3. The molecule has 0 saturated heterocycles. The Bertz CT molecular complexity index is 1340. The van der Waals surface area contributed by atoms with Crippen LogP contribution >= 0.6 is 0 Å². The molecule has 0 fully saturated rings. The van der Waals surface area contributed by atoms with E-state index in [4.69, 9.17) is 0 Å². The minimum atomic E-state index is -1.05. The zero-order chi connectivity index (χ0) is 22.0. The van der Waals surface area contributed by atoms with E-state index in [9.17, 15) is 24.2 Å². The molecule has 0 amide bonds. The van der Waals surface area contributed by atoms with Gasteiger partial charge in [-0.15, -0.1) is 0 Å². The van der Waals surface area contributed by atoms with E-state index in [0.717, 1.165) is 22.1 Å². The predicted molar refractivity (Wildman–Crippen MR) is 119 cm³/mol. The Morgan fingerprint density at radius 1 is 0.710 bits per heavy atom. The second-order valence-electron chi connectivity index (χ2n) is 7.04. The molecule has 0 saturated carbocycles. The van der Waals surface area contributed by atoms with Gasteiger partial charge in [0.25, 0.3) is 0 Å². The van der Waals surface area contributed by atoms with E-state index < -0.39 is 11.9 Å². The van der Waals surface area contributed by atoms with Crippen LogP contribution in [0.4, 0.5) is 4.39 Å². The number of aromatic carboxylic acids is 2. The van der Waals surface area contributed by atoms with Crippen LogP contribution < -0.4 is 0 Å². The Hall–Kier alpha value is -4.25. The maximum Gasteiger partial charge on any atom is 0.336 e. The molecule has 0 aliphatic heterocycles. The Balaban J connectivity index is 1.73. The second kappa shape index (κ2) is 8.24. The molecule has 4 nitrogen and oxygen atoms in total. The molecule has 0 aromatic heterocycles. The molecule has 4 rings (SSSR count). The molecule has 152 valence electrons. The molecule has 0 radical (unpaired) electrons. The van der Waals surface area contributed by atoms with Gasteiger partial charge in [0.2, 0.25) is 0 Å². The normalized spacial score (nSPS) is 11.1. The van der Waals surface area contributed by atoms with Gasteiger partial charge in [-0.25, -0.2) is 14.0 Å². The van der Waals surface area contributed by atoms with Crippen LogP contribution in [0.1, 0.15) is 31.8 Å². The number of fused-ring (bicyclic) bond motifs is 1. The monoisotopic (exact) mass is 412 g/mol. The number of rotatable bonds is 5. The van der Waals surface area contributed by atoms with Crippen LogP contribution in [0.15, 0.2) is 78.9 Å². The minimum absolute atomic E-state index is 0.149. The standard InChI is InChI=1S/C26H17FO4/c27-21-10-7-17(8-11-21)18-9-13-23(25(28)29)20(15-18)6-4-16-5-12-22-19(14-16)2-1-3-24(22)26(30)31/h1-15H,(H,28,29)(H,30,31)/b6-4+. The van der Waals surface area contributed by atoms with Crippen molar-refractivity contribution in [2.24, 2.45) is 0 Å². The van der Waals surface area contributed by atoms with Crippen LogP contribution in [-0.2, 0) is 0 Å². The molecule has 0 aliphatic carbocycles. The van der Waals surface area contributed by atoms with E-state index in [2.05, 4.69) is 0 Å². The summed E-state index contributed by atoms with van der Waals surface area (Å²) in [5.74, 6) is -2.37. The average molecular weight is 412 g/mol. The number of hydrogen-bond donors (Lipinski definition) is 2. The van der Waals surface area contributed by atoms with Crippen molar-refractivity contribution in [1.29, 1.82) is 0 Å². The first kappa shape index (κ1) is 20.0. The van der Waals surface area contributed by atoms with Crippen molar-refractivity contribution in [2.75, 3.05) is 0 Å². The number of carboxylic acid groups (broad SMARTS) is 2. The quantitative estimate of drug-likeness (QED) is 0.382. The molecule has 0 aliphatic rings. The highest BCUT2D eigenvalue weighted by molar-refractivity contribution is 6.04. The first-order valence-electron chi connectivity index (χ1n) is 9.50. The second-order valence-corrected chi connectivity index (χ2v) is 7.04. The van der Waals surface area contributed by atoms with E-state index >= 15 is 0 Å². The van der Waals surface area contributed by atoms with Crippen LogP contribution in [0.3, 0.4) is 0 Å². The highest BCUT2D eigenvalue weighted by Gasteiger charge is 2.11. The Morgan fingerprint density at radius 2 is 1.42 bits per heavy atom. The van der Waals surface area contributed by atoms with Gasteiger partial charge in [0.05, 0.1) is 11.1 Å². The number of carbonyl (C=O) groups is 2. The van der Waals surface area contributed by atoms with Gasteiger partial charge >= 0.3 is 11.9 Å². The number of carboxylic acids is 2. The van der Waals surface area contributed by atoms with Gasteiger partial charge in [0.1, 0.15) is 5.82 Å². The highest BCUT2D eigenvalue weighted by Crippen LogP contribution is 2.26. The average Bonchev–Trinajstić information content (AvgIpc) is 2.77. The van der Waals surface area contributed by atoms with E-state index in [0.29, 0.717) is 10.9 Å². The molecule has 2 N–H and O–H groups in total. The van der Waals surface area contributed by atoms with Gasteiger partial charge in [-0.05, 0) is 69.4 Å². The van der Waals surface area contributed by atoms with E-state index in [1.807, 2.05) is 12.1 Å². The summed E-state index contributed by atoms with van der Waals surface area (Å²) in [6.07, 6.45) is 3.49. The maximum atomic E-state index is 13.2. The molecule has 0 heterocycles. The summed E-state index contributed by atoms with van der Waals surface area (Å²) in [4.78, 5) is 23.1. The summed E-state index contributed by atoms with van der Waals surface area (Å²) in [7, 11) is 0. The van der Waals surface area contributed by atoms with Crippen molar-refractivity contribution < 1.29 is 24.2 Å². The Morgan fingerprint density at radius 3 is 2.13 bits per heavy atom. The summed E-state index contributed by atoms with van der Waals surface area (Å²) in [5.41, 5.74) is 3.24. The Labute approximate surface area is 177 Å². The van der Waals surface area contributed by atoms with Gasteiger partial charge in [-0.2, -0.15) is 0 Å². The fourth-order valence-electron chi connectivity index (χ4n) is 3.50. The molecule has 0 atom stereocenters. The van der Waals surface area contributed by atoms with Gasteiger partial charge in [0, 0.05) is 0 Å². The fraction of sp³-hybridized carbons (Fsp3) is 0. The Kier molecular flexibility index (Phi) is 5.33. The van der Waals surface area contributed by atoms with Gasteiger partial charge in [0.15, 0.2) is 0 Å². The van der Waals surface area contributed by atoms with Crippen molar-refractivity contribution >= 4 is 34.9 Å². The van der Waals surface area contributed by atoms with Crippen molar-refractivity contribution in [3.63, 3.8) is 0 Å². The van der Waals surface area contributed by atoms with Gasteiger partial charge in [-0.3, -0.25) is 0 Å². The molecule has 5 heteroatoms. The largest absolute Gasteiger partial charge is 0.478 e. The molecule has 0 bridgehead atoms. The van der Waals surface area contributed by atoms with Crippen LogP contribution in [-0.4, -0.2) is 22.2 Å². The molecule has 0 spiro atoms. The van der Waals surface area contributed by atoms with Gasteiger partial charge < -0.3 is 10.2 Å².